The molecule has 3 N–H and O–H groups in total. The van der Waals surface area contributed by atoms with Crippen LogP contribution in [0.15, 0.2) is 47.7 Å². The molecule has 1 aliphatic rings. The predicted molar refractivity (Wildman–Crippen MR) is 120 cm³/mol. The quantitative estimate of drug-likeness (QED) is 0.612. The summed E-state index contributed by atoms with van der Waals surface area (Å²) in [5.41, 5.74) is 9.46. The summed E-state index contributed by atoms with van der Waals surface area (Å²) in [6.07, 6.45) is 0. The summed E-state index contributed by atoms with van der Waals surface area (Å²) >= 11 is 0. The van der Waals surface area contributed by atoms with E-state index in [4.69, 9.17) is 25.0 Å². The van der Waals surface area contributed by atoms with Crippen molar-refractivity contribution in [3.63, 3.8) is 0 Å². The maximum atomic E-state index is 12.4. The largest absolute Gasteiger partial charge is 0.493 e. The van der Waals surface area contributed by atoms with Crippen molar-refractivity contribution in [1.29, 1.82) is 0 Å². The zero-order valence-electron chi connectivity index (χ0n) is 18.6. The van der Waals surface area contributed by atoms with Gasteiger partial charge in [0.15, 0.2) is 17.3 Å². The molecule has 2 aromatic carbocycles. The van der Waals surface area contributed by atoms with E-state index in [-0.39, 0.29) is 0 Å². The highest BCUT2D eigenvalue weighted by atomic mass is 16.5. The monoisotopic (exact) mass is 435 g/mol. The minimum atomic E-state index is -0.517. The highest BCUT2D eigenvalue weighted by molar-refractivity contribution is 5.95. The second-order valence-electron chi connectivity index (χ2n) is 7.46. The smallest absolute Gasteiger partial charge is 0.248 e. The van der Waals surface area contributed by atoms with E-state index in [0.29, 0.717) is 45.9 Å². The second-order valence-corrected chi connectivity index (χ2v) is 7.46. The molecule has 1 aromatic heterocycles. The minimum Gasteiger partial charge on any atom is -0.493 e. The third kappa shape index (κ3) is 3.51. The number of methoxy groups -OCH3 is 3. The molecule has 2 heterocycles. The molecule has 1 aliphatic heterocycles. The van der Waals surface area contributed by atoms with E-state index in [1.165, 1.54) is 0 Å². The minimum absolute atomic E-state index is 0.433. The first-order valence-corrected chi connectivity index (χ1v) is 9.99. The van der Waals surface area contributed by atoms with Gasteiger partial charge >= 0.3 is 0 Å². The number of carbonyl (C=O) groups is 1. The van der Waals surface area contributed by atoms with Gasteiger partial charge < -0.3 is 25.3 Å². The van der Waals surface area contributed by atoms with Gasteiger partial charge in [0.1, 0.15) is 6.04 Å². The number of amides is 1. The van der Waals surface area contributed by atoms with Crippen LogP contribution in [0, 0.1) is 6.92 Å². The number of nitrogens with one attached hydrogen (secondary N) is 1. The molecule has 0 saturated carbocycles. The van der Waals surface area contributed by atoms with Crippen LogP contribution in [-0.2, 0) is 4.79 Å². The van der Waals surface area contributed by atoms with Crippen molar-refractivity contribution < 1.29 is 19.0 Å². The lowest BCUT2D eigenvalue weighted by molar-refractivity contribution is -0.115. The first-order valence-electron chi connectivity index (χ1n) is 9.99. The second kappa shape index (κ2) is 8.26. The SMILES string of the molecule is COc1cc(-c2nc3n(n2)C(c2cccc(C)c2)C(C(N)=O)=C(C)N3)cc(OC)c1OC. The molecule has 32 heavy (non-hydrogen) atoms. The van der Waals surface area contributed by atoms with Crippen molar-refractivity contribution in [3.8, 4) is 28.6 Å². The van der Waals surface area contributed by atoms with Gasteiger partial charge in [0.2, 0.25) is 17.6 Å². The topological polar surface area (TPSA) is 114 Å². The zero-order chi connectivity index (χ0) is 23.0. The number of aromatic nitrogens is 3. The first-order chi connectivity index (χ1) is 15.4. The Balaban J connectivity index is 1.89. The molecule has 166 valence electrons. The number of benzene rings is 2. The molecule has 0 fully saturated rings. The maximum Gasteiger partial charge on any atom is 0.248 e. The number of fused-ring (bicyclic) bond motifs is 1. The van der Waals surface area contributed by atoms with Crippen LogP contribution in [0.25, 0.3) is 11.4 Å². The molecular formula is C23H25N5O4. The highest BCUT2D eigenvalue weighted by Crippen LogP contribution is 2.42. The first kappa shape index (κ1) is 21.2. The van der Waals surface area contributed by atoms with E-state index in [9.17, 15) is 4.79 Å². The lowest BCUT2D eigenvalue weighted by Gasteiger charge is -2.27. The molecule has 3 aromatic rings. The number of rotatable bonds is 6. The van der Waals surface area contributed by atoms with Crippen molar-refractivity contribution >= 4 is 11.9 Å². The number of carbonyl (C=O) groups excluding carboxylic acids is 1. The van der Waals surface area contributed by atoms with Crippen LogP contribution in [0.2, 0.25) is 0 Å². The fourth-order valence-electron chi connectivity index (χ4n) is 3.95. The van der Waals surface area contributed by atoms with Crippen molar-refractivity contribution in [2.24, 2.45) is 5.73 Å². The molecule has 1 unspecified atom stereocenters. The van der Waals surface area contributed by atoms with Crippen molar-refractivity contribution in [2.75, 3.05) is 26.6 Å². The molecule has 9 nitrogen and oxygen atoms in total. The van der Waals surface area contributed by atoms with E-state index < -0.39 is 11.9 Å². The summed E-state index contributed by atoms with van der Waals surface area (Å²) in [6.45, 7) is 3.80. The van der Waals surface area contributed by atoms with Gasteiger partial charge in [-0.2, -0.15) is 4.98 Å². The van der Waals surface area contributed by atoms with Crippen LogP contribution in [-0.4, -0.2) is 42.0 Å². The number of ether oxygens (including phenoxy) is 3. The summed E-state index contributed by atoms with van der Waals surface area (Å²) in [5.74, 6) is 1.88. The average molecular weight is 435 g/mol. The van der Waals surface area contributed by atoms with Gasteiger partial charge in [-0.05, 0) is 31.5 Å². The van der Waals surface area contributed by atoms with Gasteiger partial charge in [-0.3, -0.25) is 4.79 Å². The fourth-order valence-corrected chi connectivity index (χ4v) is 3.95. The molecular weight excluding hydrogens is 410 g/mol. The van der Waals surface area contributed by atoms with Gasteiger partial charge in [0, 0.05) is 11.3 Å². The van der Waals surface area contributed by atoms with E-state index in [1.54, 1.807) is 45.1 Å². The van der Waals surface area contributed by atoms with Crippen molar-refractivity contribution in [2.45, 2.75) is 19.9 Å². The summed E-state index contributed by atoms with van der Waals surface area (Å²) in [7, 11) is 4.65. The molecule has 1 amide bonds. The van der Waals surface area contributed by atoms with Crippen LogP contribution in [0.5, 0.6) is 17.2 Å². The number of anilines is 1. The number of aryl methyl sites for hydroxylation is 1. The zero-order valence-corrected chi connectivity index (χ0v) is 18.6. The molecule has 0 spiro atoms. The molecule has 4 rings (SSSR count). The Bertz CT molecular complexity index is 1210. The normalized spacial score (nSPS) is 15.1. The standard InChI is InChI=1S/C23H25N5O4/c1-12-7-6-8-14(9-12)19-18(21(24)29)13(2)25-23-26-22(27-28(19)23)15-10-16(30-3)20(32-5)17(11-15)31-4/h6-11,19H,1-5H3,(H2,24,29)(H,25,26,27). The third-order valence-corrected chi connectivity index (χ3v) is 5.40. The molecule has 0 radical (unpaired) electrons. The summed E-state index contributed by atoms with van der Waals surface area (Å²) in [5, 5.41) is 7.89. The molecule has 0 bridgehead atoms. The van der Waals surface area contributed by atoms with Crippen LogP contribution < -0.4 is 25.3 Å². The van der Waals surface area contributed by atoms with Crippen LogP contribution in [0.1, 0.15) is 24.1 Å². The van der Waals surface area contributed by atoms with Gasteiger partial charge in [0.25, 0.3) is 0 Å². The predicted octanol–water partition coefficient (Wildman–Crippen LogP) is 3.05. The number of allylic oxidation sites excluding steroid dienone is 1. The molecule has 0 aliphatic carbocycles. The Labute approximate surface area is 185 Å². The Kier molecular flexibility index (Phi) is 5.48. The van der Waals surface area contributed by atoms with Gasteiger partial charge in [-0.15, -0.1) is 5.10 Å². The summed E-state index contributed by atoms with van der Waals surface area (Å²) in [6, 6.07) is 10.9. The van der Waals surface area contributed by atoms with E-state index in [1.807, 2.05) is 31.2 Å². The summed E-state index contributed by atoms with van der Waals surface area (Å²) in [4.78, 5) is 17.0. The molecule has 9 heteroatoms. The number of hydrogen-bond acceptors (Lipinski definition) is 7. The lowest BCUT2D eigenvalue weighted by Crippen LogP contribution is -2.31. The Morgan fingerprint density at radius 3 is 2.31 bits per heavy atom. The van der Waals surface area contributed by atoms with E-state index in [0.717, 1.165) is 11.1 Å². The van der Waals surface area contributed by atoms with Crippen LogP contribution >= 0.6 is 0 Å². The molecule has 0 saturated heterocycles. The molecule has 1 atom stereocenters. The van der Waals surface area contributed by atoms with E-state index in [2.05, 4.69) is 10.3 Å². The average Bonchev–Trinajstić information content (AvgIpc) is 3.20. The van der Waals surface area contributed by atoms with Crippen LogP contribution in [0.4, 0.5) is 5.95 Å². The Morgan fingerprint density at radius 1 is 1.06 bits per heavy atom. The lowest BCUT2D eigenvalue weighted by atomic mass is 9.94. The van der Waals surface area contributed by atoms with Crippen molar-refractivity contribution in [1.82, 2.24) is 14.8 Å². The number of nitrogens with two attached hydrogens (primary N) is 1. The maximum absolute atomic E-state index is 12.4. The van der Waals surface area contributed by atoms with Gasteiger partial charge in [0.05, 0.1) is 26.9 Å². The fraction of sp³-hybridized carbons (Fsp3) is 0.261. The highest BCUT2D eigenvalue weighted by Gasteiger charge is 2.33. The van der Waals surface area contributed by atoms with Crippen LogP contribution in [0.3, 0.4) is 0 Å². The van der Waals surface area contributed by atoms with Gasteiger partial charge in [-0.25, -0.2) is 4.68 Å². The number of hydrogen-bond donors (Lipinski definition) is 2. The third-order valence-electron chi connectivity index (χ3n) is 5.40. The number of nitrogens with zero attached hydrogens (tertiary/aromatic N) is 3. The van der Waals surface area contributed by atoms with Gasteiger partial charge in [-0.1, -0.05) is 29.8 Å². The van der Waals surface area contributed by atoms with Crippen molar-refractivity contribution in [3.05, 3.63) is 58.8 Å². The van der Waals surface area contributed by atoms with E-state index >= 15 is 0 Å². The Morgan fingerprint density at radius 2 is 1.75 bits per heavy atom. The summed E-state index contributed by atoms with van der Waals surface area (Å²) < 4.78 is 18.0. The Hall–Kier alpha value is -4.01. The number of primary amides is 1.